The second-order valence-corrected chi connectivity index (χ2v) is 12.5. The first kappa shape index (κ1) is 26.2. The summed E-state index contributed by atoms with van der Waals surface area (Å²) < 4.78 is 15.6. The lowest BCUT2D eigenvalue weighted by atomic mass is 9.78. The summed E-state index contributed by atoms with van der Waals surface area (Å²) in [4.78, 5) is 0. The molecule has 2 aromatic rings. The van der Waals surface area contributed by atoms with Crippen molar-refractivity contribution in [2.45, 2.75) is 56.0 Å². The van der Waals surface area contributed by atoms with Crippen molar-refractivity contribution >= 4 is 95.6 Å². The average molecular weight is 786 g/mol. The first-order valence-corrected chi connectivity index (χ1v) is 14.1. The first-order valence-electron chi connectivity index (χ1n) is 9.11. The van der Waals surface area contributed by atoms with Crippen LogP contribution < -0.4 is 9.47 Å². The Labute approximate surface area is 223 Å². The Morgan fingerprint density at radius 2 is 0.966 bits per heavy atom. The molecular weight excluding hydrogens is 764 g/mol. The number of benzene rings is 2. The summed E-state index contributed by atoms with van der Waals surface area (Å²) in [6, 6.07) is 8.47. The maximum absolute atomic E-state index is 5.99. The quantitative estimate of drug-likeness (QED) is 0.248. The molecule has 2 unspecified atom stereocenters. The van der Waals surface area contributed by atoms with Crippen LogP contribution >= 0.6 is 95.6 Å². The van der Waals surface area contributed by atoms with Crippen molar-refractivity contribution in [3.8, 4) is 11.5 Å². The van der Waals surface area contributed by atoms with Gasteiger partial charge in [-0.05, 0) is 144 Å². The van der Waals surface area contributed by atoms with Gasteiger partial charge in [-0.25, -0.2) is 0 Å². The minimum Gasteiger partial charge on any atom is -0.477 e. The second-order valence-electron chi connectivity index (χ2n) is 7.04. The smallest absolute Gasteiger partial charge is 0.153 e. The number of alkyl halides is 2. The Morgan fingerprint density at radius 1 is 0.690 bits per heavy atom. The molecule has 29 heavy (non-hydrogen) atoms. The Balaban J connectivity index is 2.45. The lowest BCUT2D eigenvalue weighted by molar-refractivity contribution is 0.286. The van der Waals surface area contributed by atoms with Gasteiger partial charge in [-0.2, -0.15) is 0 Å². The molecule has 0 bridgehead atoms. The number of hydrogen-bond donors (Lipinski definition) is 0. The van der Waals surface area contributed by atoms with Gasteiger partial charge in [0.2, 0.25) is 0 Å². The molecule has 0 aliphatic carbocycles. The standard InChI is InChI=1S/C21H22Br6O2/c1-5-17(26)28-19-13(22)7-11(8-14(19)23)21(3,4)12-9-15(24)20(16(25)10-12)29-18(27)6-2/h7-10,17-18H,5-6H2,1-4H3. The Kier molecular flexibility index (Phi) is 10.1. The summed E-state index contributed by atoms with van der Waals surface area (Å²) in [5.74, 6) is 1.59. The highest BCUT2D eigenvalue weighted by Crippen LogP contribution is 2.44. The van der Waals surface area contributed by atoms with Crippen molar-refractivity contribution < 1.29 is 9.47 Å². The SMILES string of the molecule is CCC(Br)Oc1c(Br)cc(C(C)(C)c2cc(Br)c(OC(Br)CC)c(Br)c2)cc1Br. The van der Waals surface area contributed by atoms with Crippen molar-refractivity contribution in [2.24, 2.45) is 0 Å². The molecular formula is C21H22Br6O2. The van der Waals surface area contributed by atoms with Crippen LogP contribution in [0.5, 0.6) is 11.5 Å². The summed E-state index contributed by atoms with van der Waals surface area (Å²) >= 11 is 21.8. The molecule has 0 saturated carbocycles. The molecule has 0 aliphatic heterocycles. The van der Waals surface area contributed by atoms with Crippen molar-refractivity contribution in [1.29, 1.82) is 0 Å². The largest absolute Gasteiger partial charge is 0.477 e. The van der Waals surface area contributed by atoms with Gasteiger partial charge in [0.05, 0.1) is 17.9 Å². The molecule has 0 amide bonds. The molecule has 0 radical (unpaired) electrons. The highest BCUT2D eigenvalue weighted by molar-refractivity contribution is 9.11. The molecule has 2 aromatic carbocycles. The number of rotatable bonds is 8. The van der Waals surface area contributed by atoms with Crippen LogP contribution in [-0.2, 0) is 5.41 Å². The van der Waals surface area contributed by atoms with Crippen LogP contribution in [0.15, 0.2) is 42.2 Å². The van der Waals surface area contributed by atoms with Crippen molar-refractivity contribution in [2.75, 3.05) is 0 Å². The molecule has 0 N–H and O–H groups in total. The lowest BCUT2D eigenvalue weighted by Gasteiger charge is -2.29. The molecule has 160 valence electrons. The topological polar surface area (TPSA) is 18.5 Å². The fraction of sp³-hybridized carbons (Fsp3) is 0.429. The third kappa shape index (κ3) is 6.47. The first-order chi connectivity index (χ1) is 13.5. The number of halogens is 6. The highest BCUT2D eigenvalue weighted by atomic mass is 79.9. The molecule has 0 fully saturated rings. The van der Waals surface area contributed by atoms with Crippen LogP contribution in [-0.4, -0.2) is 10.0 Å². The maximum atomic E-state index is 5.99. The summed E-state index contributed by atoms with van der Waals surface area (Å²) in [6.45, 7) is 8.55. The van der Waals surface area contributed by atoms with Gasteiger partial charge in [-0.1, -0.05) is 27.7 Å². The van der Waals surface area contributed by atoms with Gasteiger partial charge in [0, 0.05) is 5.41 Å². The number of ether oxygens (including phenoxy) is 2. The third-order valence-corrected chi connectivity index (χ3v) is 8.60. The molecule has 8 heteroatoms. The summed E-state index contributed by atoms with van der Waals surface area (Å²) in [6.07, 6.45) is 1.74. The fourth-order valence-electron chi connectivity index (χ4n) is 2.66. The molecule has 0 saturated heterocycles. The van der Waals surface area contributed by atoms with Gasteiger partial charge in [0.15, 0.2) is 10.0 Å². The number of hydrogen-bond acceptors (Lipinski definition) is 2. The van der Waals surface area contributed by atoms with Crippen molar-refractivity contribution in [3.05, 3.63) is 53.3 Å². The van der Waals surface area contributed by atoms with E-state index in [1.165, 1.54) is 0 Å². The lowest BCUT2D eigenvalue weighted by Crippen LogP contribution is -2.20. The zero-order chi connectivity index (χ0) is 21.9. The van der Waals surface area contributed by atoms with E-state index in [0.29, 0.717) is 0 Å². The molecule has 2 rings (SSSR count). The molecule has 0 heterocycles. The van der Waals surface area contributed by atoms with Gasteiger partial charge in [-0.15, -0.1) is 0 Å². The second kappa shape index (κ2) is 11.2. The third-order valence-electron chi connectivity index (χ3n) is 4.57. The molecule has 2 atom stereocenters. The van der Waals surface area contributed by atoms with E-state index < -0.39 is 0 Å². The van der Waals surface area contributed by atoms with E-state index in [4.69, 9.17) is 9.47 Å². The monoisotopic (exact) mass is 780 g/mol. The predicted octanol–water partition coefficient (Wildman–Crippen LogP) is 10.1. The van der Waals surface area contributed by atoms with E-state index >= 15 is 0 Å². The van der Waals surface area contributed by atoms with E-state index in [-0.39, 0.29) is 15.4 Å². The summed E-state index contributed by atoms with van der Waals surface area (Å²) in [7, 11) is 0. The van der Waals surface area contributed by atoms with Gasteiger partial charge in [0.25, 0.3) is 0 Å². The molecule has 2 nitrogen and oxygen atoms in total. The van der Waals surface area contributed by atoms with E-state index in [9.17, 15) is 0 Å². The van der Waals surface area contributed by atoms with Gasteiger partial charge in [0.1, 0.15) is 11.5 Å². The maximum Gasteiger partial charge on any atom is 0.153 e. The Hall–Kier alpha value is 0.920. The Morgan fingerprint density at radius 3 is 1.21 bits per heavy atom. The van der Waals surface area contributed by atoms with Crippen LogP contribution in [0.1, 0.15) is 51.7 Å². The van der Waals surface area contributed by atoms with Gasteiger partial charge in [-0.3, -0.25) is 0 Å². The van der Waals surface area contributed by atoms with Gasteiger partial charge < -0.3 is 9.47 Å². The van der Waals surface area contributed by atoms with E-state index in [2.05, 4.69) is 148 Å². The van der Waals surface area contributed by atoms with Crippen LogP contribution in [0.3, 0.4) is 0 Å². The van der Waals surface area contributed by atoms with Gasteiger partial charge >= 0.3 is 0 Å². The minimum atomic E-state index is -0.246. The predicted molar refractivity (Wildman–Crippen MR) is 143 cm³/mol. The highest BCUT2D eigenvalue weighted by Gasteiger charge is 2.28. The Bertz CT molecular complexity index is 753. The zero-order valence-electron chi connectivity index (χ0n) is 16.5. The normalized spacial score (nSPS) is 13.9. The van der Waals surface area contributed by atoms with Crippen LogP contribution in [0.25, 0.3) is 0 Å². The minimum absolute atomic E-state index is 0.0326. The van der Waals surface area contributed by atoms with Crippen molar-refractivity contribution in [1.82, 2.24) is 0 Å². The summed E-state index contributed by atoms with van der Waals surface area (Å²) in [5, 5.41) is -0.0652. The zero-order valence-corrected chi connectivity index (χ0v) is 26.0. The molecule has 0 aromatic heterocycles. The van der Waals surface area contributed by atoms with Crippen LogP contribution in [0.4, 0.5) is 0 Å². The van der Waals surface area contributed by atoms with E-state index in [1.807, 2.05) is 0 Å². The van der Waals surface area contributed by atoms with Crippen LogP contribution in [0.2, 0.25) is 0 Å². The van der Waals surface area contributed by atoms with Crippen molar-refractivity contribution in [3.63, 3.8) is 0 Å². The summed E-state index contributed by atoms with van der Waals surface area (Å²) in [5.41, 5.74) is 2.07. The fourth-order valence-corrected chi connectivity index (χ4v) is 5.78. The van der Waals surface area contributed by atoms with Crippen LogP contribution in [0, 0.1) is 0 Å². The van der Waals surface area contributed by atoms with E-state index in [0.717, 1.165) is 53.4 Å². The van der Waals surface area contributed by atoms with E-state index in [1.54, 1.807) is 0 Å². The average Bonchev–Trinajstić information content (AvgIpc) is 2.66. The molecule has 0 aliphatic rings. The molecule has 0 spiro atoms.